The number of Topliss-reactive ketones (excluding diaryl/α,β-unsaturated/α-hetero) is 1. The van der Waals surface area contributed by atoms with Crippen molar-refractivity contribution in [3.8, 4) is 0 Å². The summed E-state index contributed by atoms with van der Waals surface area (Å²) in [4.78, 5) is 67.9. The van der Waals surface area contributed by atoms with E-state index in [9.17, 15) is 24.0 Å². The predicted octanol–water partition coefficient (Wildman–Crippen LogP) is 6.82. The molecule has 3 aromatic carbocycles. The molecule has 0 saturated carbocycles. The Bertz CT molecular complexity index is 1680. The summed E-state index contributed by atoms with van der Waals surface area (Å²) in [6.07, 6.45) is -1.40. The van der Waals surface area contributed by atoms with Gasteiger partial charge in [-0.15, -0.1) is 0 Å². The molecule has 0 bridgehead atoms. The molecule has 2 N–H and O–H groups in total. The summed E-state index contributed by atoms with van der Waals surface area (Å²) < 4.78 is 25.9. The minimum absolute atomic E-state index is 0.0196. The van der Waals surface area contributed by atoms with Crippen molar-refractivity contribution in [2.24, 2.45) is 0 Å². The summed E-state index contributed by atoms with van der Waals surface area (Å²) in [5.41, 5.74) is -0.00399. The van der Waals surface area contributed by atoms with Crippen LogP contribution in [-0.4, -0.2) is 65.9 Å². The predicted molar refractivity (Wildman–Crippen MR) is 186 cm³/mol. The fourth-order valence-electron chi connectivity index (χ4n) is 4.62. The summed E-state index contributed by atoms with van der Waals surface area (Å²) in [6, 6.07) is 16.4. The Morgan fingerprint density at radius 2 is 1.37 bits per heavy atom. The highest BCUT2D eigenvalue weighted by atomic mass is 19.1. The molecule has 0 aliphatic heterocycles. The zero-order valence-electron chi connectivity index (χ0n) is 29.5. The van der Waals surface area contributed by atoms with Gasteiger partial charge in [0.2, 0.25) is 11.8 Å². The molecule has 0 spiro atoms. The maximum Gasteiger partial charge on any atom is 0.410 e. The van der Waals surface area contributed by atoms with Crippen molar-refractivity contribution in [1.29, 1.82) is 0 Å². The average Bonchev–Trinajstić information content (AvgIpc) is 2.99. The van der Waals surface area contributed by atoms with Gasteiger partial charge in [-0.2, -0.15) is 0 Å². The number of likely N-dealkylation sites (N-methyl/N-ethyl adjacent to an activating group) is 1. The number of esters is 1. The third-order valence-corrected chi connectivity index (χ3v) is 7.05. The number of hydrogen-bond acceptors (Lipinski definition) is 8. The van der Waals surface area contributed by atoms with Gasteiger partial charge >= 0.3 is 12.1 Å². The standard InChI is InChI=1S/C37H45FN4O7/c1-23(42(9)35(47)49-37(5,6)7)33(45)28-19-26(38)20-29(41(8)22-24-13-11-10-12-14-24)32(28)40-31(44)21-30(43)39-27-17-15-25(16-18-27)34(46)48-36(2,3)4/h10-20,23H,21-22H2,1-9H3,(H,39,43)(H,40,44). The lowest BCUT2D eigenvalue weighted by Gasteiger charge is -2.29. The fourth-order valence-corrected chi connectivity index (χ4v) is 4.62. The van der Waals surface area contributed by atoms with Crippen molar-refractivity contribution < 1.29 is 37.8 Å². The van der Waals surface area contributed by atoms with Crippen LogP contribution in [0.5, 0.6) is 0 Å². The Morgan fingerprint density at radius 1 is 0.796 bits per heavy atom. The van der Waals surface area contributed by atoms with E-state index in [-0.39, 0.29) is 22.5 Å². The van der Waals surface area contributed by atoms with Crippen LogP contribution >= 0.6 is 0 Å². The number of benzene rings is 3. The molecule has 1 atom stereocenters. The number of nitrogens with zero attached hydrogens (tertiary/aromatic N) is 2. The lowest BCUT2D eigenvalue weighted by molar-refractivity contribution is -0.123. The highest BCUT2D eigenvalue weighted by Crippen LogP contribution is 2.33. The minimum Gasteiger partial charge on any atom is -0.456 e. The Hall–Kier alpha value is -5.26. The molecule has 11 nitrogen and oxygen atoms in total. The van der Waals surface area contributed by atoms with Crippen LogP contribution in [-0.2, 0) is 25.6 Å². The molecule has 3 amide bonds. The summed E-state index contributed by atoms with van der Waals surface area (Å²) in [6.45, 7) is 12.1. The number of nitrogens with one attached hydrogen (secondary N) is 2. The molecule has 0 fully saturated rings. The number of ketones is 1. The maximum atomic E-state index is 15.2. The van der Waals surface area contributed by atoms with Crippen molar-refractivity contribution in [3.05, 3.63) is 89.2 Å². The summed E-state index contributed by atoms with van der Waals surface area (Å²) in [7, 11) is 3.07. The number of hydrogen-bond donors (Lipinski definition) is 2. The summed E-state index contributed by atoms with van der Waals surface area (Å²) in [5, 5.41) is 5.26. The average molecular weight is 677 g/mol. The molecule has 0 radical (unpaired) electrons. The van der Waals surface area contributed by atoms with Gasteiger partial charge in [-0.25, -0.2) is 14.0 Å². The first-order valence-electron chi connectivity index (χ1n) is 15.8. The van der Waals surface area contributed by atoms with E-state index >= 15 is 4.39 Å². The topological polar surface area (TPSA) is 134 Å². The quantitative estimate of drug-likeness (QED) is 0.128. The van der Waals surface area contributed by atoms with Gasteiger partial charge in [0.1, 0.15) is 23.4 Å². The van der Waals surface area contributed by atoms with Crippen LogP contribution in [0.3, 0.4) is 0 Å². The summed E-state index contributed by atoms with van der Waals surface area (Å²) >= 11 is 0. The smallest absolute Gasteiger partial charge is 0.410 e. The number of ether oxygens (including phenoxy) is 2. The Balaban J connectivity index is 1.88. The van der Waals surface area contributed by atoms with Gasteiger partial charge < -0.3 is 29.9 Å². The van der Waals surface area contributed by atoms with Crippen molar-refractivity contribution in [2.45, 2.75) is 78.7 Å². The van der Waals surface area contributed by atoms with Crippen molar-refractivity contribution in [3.63, 3.8) is 0 Å². The van der Waals surface area contributed by atoms with Crippen LogP contribution in [0.2, 0.25) is 0 Å². The Kier molecular flexibility index (Phi) is 12.3. The first-order chi connectivity index (χ1) is 22.7. The van der Waals surface area contributed by atoms with Crippen LogP contribution < -0.4 is 15.5 Å². The van der Waals surface area contributed by atoms with Gasteiger partial charge in [0.25, 0.3) is 0 Å². The molecule has 0 saturated heterocycles. The SMILES string of the molecule is CC(C(=O)c1cc(F)cc(N(C)Cc2ccccc2)c1NC(=O)CC(=O)Nc1ccc(C(=O)OC(C)(C)C)cc1)N(C)C(=O)OC(C)(C)C. The molecular weight excluding hydrogens is 631 g/mol. The van der Waals surface area contributed by atoms with E-state index in [2.05, 4.69) is 10.6 Å². The first kappa shape index (κ1) is 38.2. The molecule has 0 aliphatic carbocycles. The van der Waals surface area contributed by atoms with E-state index in [1.54, 1.807) is 53.5 Å². The monoisotopic (exact) mass is 676 g/mol. The van der Waals surface area contributed by atoms with Crippen LogP contribution in [0.25, 0.3) is 0 Å². The second-order valence-corrected chi connectivity index (χ2v) is 13.7. The maximum absolute atomic E-state index is 15.2. The minimum atomic E-state index is -1.11. The van der Waals surface area contributed by atoms with E-state index in [1.807, 2.05) is 30.3 Å². The van der Waals surface area contributed by atoms with Crippen LogP contribution in [0.4, 0.5) is 26.2 Å². The normalized spacial score (nSPS) is 12.0. The van der Waals surface area contributed by atoms with E-state index < -0.39 is 59.1 Å². The number of rotatable bonds is 11. The Labute approximate surface area is 286 Å². The lowest BCUT2D eigenvalue weighted by Crippen LogP contribution is -2.43. The third-order valence-electron chi connectivity index (χ3n) is 7.05. The van der Waals surface area contributed by atoms with Crippen LogP contribution in [0, 0.1) is 5.82 Å². The van der Waals surface area contributed by atoms with Gasteiger partial charge in [0, 0.05) is 31.9 Å². The fraction of sp³-hybridized carbons (Fsp3) is 0.378. The Morgan fingerprint density at radius 3 is 1.94 bits per heavy atom. The molecule has 3 rings (SSSR count). The number of amides is 3. The molecule has 3 aromatic rings. The van der Waals surface area contributed by atoms with Gasteiger partial charge in [-0.05, 0) is 90.4 Å². The lowest BCUT2D eigenvalue weighted by atomic mass is 10.00. The van der Waals surface area contributed by atoms with Crippen molar-refractivity contribution >= 4 is 46.7 Å². The van der Waals surface area contributed by atoms with E-state index in [1.165, 1.54) is 44.3 Å². The zero-order valence-corrected chi connectivity index (χ0v) is 29.5. The molecule has 1 unspecified atom stereocenters. The van der Waals surface area contributed by atoms with Gasteiger partial charge in [0.15, 0.2) is 5.78 Å². The van der Waals surface area contributed by atoms with E-state index in [0.717, 1.165) is 16.5 Å². The van der Waals surface area contributed by atoms with Crippen LogP contribution in [0.1, 0.15) is 81.2 Å². The summed E-state index contributed by atoms with van der Waals surface area (Å²) in [5.74, 6) is -3.36. The van der Waals surface area contributed by atoms with Gasteiger partial charge in [-0.3, -0.25) is 14.4 Å². The number of anilines is 3. The molecule has 12 heteroatoms. The largest absolute Gasteiger partial charge is 0.456 e. The highest BCUT2D eigenvalue weighted by molar-refractivity contribution is 6.14. The van der Waals surface area contributed by atoms with Gasteiger partial charge in [-0.1, -0.05) is 30.3 Å². The molecule has 0 aliphatic rings. The van der Waals surface area contributed by atoms with E-state index in [0.29, 0.717) is 12.2 Å². The number of carbonyl (C=O) groups excluding carboxylic acids is 5. The second kappa shape index (κ2) is 15.8. The molecule has 0 aromatic heterocycles. The number of carbonyl (C=O) groups is 5. The molecule has 262 valence electrons. The number of halogens is 1. The van der Waals surface area contributed by atoms with E-state index in [4.69, 9.17) is 9.47 Å². The van der Waals surface area contributed by atoms with Crippen molar-refractivity contribution in [1.82, 2.24) is 4.90 Å². The van der Waals surface area contributed by atoms with Crippen molar-refractivity contribution in [2.75, 3.05) is 29.6 Å². The zero-order chi connectivity index (χ0) is 36.7. The highest BCUT2D eigenvalue weighted by Gasteiger charge is 2.31. The third kappa shape index (κ3) is 11.4. The molecular formula is C37H45FN4O7. The molecule has 49 heavy (non-hydrogen) atoms. The second-order valence-electron chi connectivity index (χ2n) is 13.7. The molecule has 0 heterocycles. The van der Waals surface area contributed by atoms with Gasteiger partial charge in [0.05, 0.1) is 23.0 Å². The first-order valence-corrected chi connectivity index (χ1v) is 15.8. The van der Waals surface area contributed by atoms with Crippen LogP contribution in [0.15, 0.2) is 66.7 Å².